The lowest BCUT2D eigenvalue weighted by atomic mass is 10.0. The number of rotatable bonds is 0. The maximum absolute atomic E-state index is 9.31. The van der Waals surface area contributed by atoms with Crippen molar-refractivity contribution in [2.45, 2.75) is 20.8 Å². The van der Waals surface area contributed by atoms with Gasteiger partial charge in [0.2, 0.25) is 0 Å². The SMILES string of the molecule is Cc1cc(C)c2ccccc2c1.Cc1cc(O)cc2ccccc12. The van der Waals surface area contributed by atoms with E-state index < -0.39 is 0 Å². The van der Waals surface area contributed by atoms with E-state index in [0.717, 1.165) is 10.9 Å². The first-order valence-corrected chi connectivity index (χ1v) is 8.19. The smallest absolute Gasteiger partial charge is 0.116 e. The zero-order valence-corrected chi connectivity index (χ0v) is 14.4. The number of fused-ring (bicyclic) bond motifs is 2. The van der Waals surface area contributed by atoms with Crippen molar-refractivity contribution < 1.29 is 5.11 Å². The number of phenolic OH excluding ortho intramolecular Hbond substituents is 1. The number of aryl methyl sites for hydroxylation is 3. The van der Waals surface area contributed by atoms with Crippen LogP contribution in [0.25, 0.3) is 21.5 Å². The Morgan fingerprint density at radius 2 is 1.08 bits per heavy atom. The lowest BCUT2D eigenvalue weighted by molar-refractivity contribution is 0.476. The van der Waals surface area contributed by atoms with Crippen LogP contribution < -0.4 is 0 Å². The molecule has 0 unspecified atom stereocenters. The molecular formula is C23H22O. The minimum absolute atomic E-state index is 0.339. The quantitative estimate of drug-likeness (QED) is 0.403. The Morgan fingerprint density at radius 3 is 1.71 bits per heavy atom. The number of aromatic hydroxyl groups is 1. The Morgan fingerprint density at radius 1 is 0.583 bits per heavy atom. The second-order valence-electron chi connectivity index (χ2n) is 6.29. The van der Waals surface area contributed by atoms with Crippen LogP contribution in [0.3, 0.4) is 0 Å². The summed E-state index contributed by atoms with van der Waals surface area (Å²) in [6.45, 7) is 6.30. The van der Waals surface area contributed by atoms with Gasteiger partial charge in [0.15, 0.2) is 0 Å². The molecule has 24 heavy (non-hydrogen) atoms. The highest BCUT2D eigenvalue weighted by Crippen LogP contribution is 2.23. The molecule has 0 aliphatic heterocycles. The maximum atomic E-state index is 9.31. The van der Waals surface area contributed by atoms with Gasteiger partial charge >= 0.3 is 0 Å². The summed E-state index contributed by atoms with van der Waals surface area (Å²) in [6, 6.07) is 24.6. The van der Waals surface area contributed by atoms with Crippen molar-refractivity contribution in [2.75, 3.05) is 0 Å². The van der Waals surface area contributed by atoms with Crippen LogP contribution in [0.4, 0.5) is 0 Å². The molecule has 4 aromatic carbocycles. The molecule has 0 aliphatic carbocycles. The fourth-order valence-corrected chi connectivity index (χ4v) is 3.17. The van der Waals surface area contributed by atoms with Gasteiger partial charge in [-0.15, -0.1) is 0 Å². The highest BCUT2D eigenvalue weighted by Gasteiger charge is 1.97. The molecule has 0 atom stereocenters. The molecule has 1 nitrogen and oxygen atoms in total. The maximum Gasteiger partial charge on any atom is 0.116 e. The molecule has 0 spiro atoms. The number of hydrogen-bond acceptors (Lipinski definition) is 1. The summed E-state index contributed by atoms with van der Waals surface area (Å²) in [5, 5.41) is 14.3. The third-order valence-corrected chi connectivity index (χ3v) is 4.27. The second kappa shape index (κ2) is 6.76. The first-order chi connectivity index (χ1) is 11.5. The van der Waals surface area contributed by atoms with E-state index in [1.807, 2.05) is 25.1 Å². The van der Waals surface area contributed by atoms with Crippen LogP contribution >= 0.6 is 0 Å². The minimum atomic E-state index is 0.339. The van der Waals surface area contributed by atoms with Gasteiger partial charge in [0, 0.05) is 0 Å². The third-order valence-electron chi connectivity index (χ3n) is 4.27. The molecule has 120 valence electrons. The summed E-state index contributed by atoms with van der Waals surface area (Å²) in [6.07, 6.45) is 0. The largest absolute Gasteiger partial charge is 0.508 e. The van der Waals surface area contributed by atoms with Gasteiger partial charge in [-0.05, 0) is 65.6 Å². The van der Waals surface area contributed by atoms with Crippen molar-refractivity contribution in [3.05, 3.63) is 89.5 Å². The predicted molar refractivity (Wildman–Crippen MR) is 104 cm³/mol. The van der Waals surface area contributed by atoms with Crippen LogP contribution in [-0.2, 0) is 0 Å². The first-order valence-electron chi connectivity index (χ1n) is 8.19. The van der Waals surface area contributed by atoms with E-state index in [0.29, 0.717) is 5.75 Å². The summed E-state index contributed by atoms with van der Waals surface area (Å²) in [4.78, 5) is 0. The molecule has 1 N–H and O–H groups in total. The van der Waals surface area contributed by atoms with Crippen molar-refractivity contribution >= 4 is 21.5 Å². The molecule has 0 amide bonds. The van der Waals surface area contributed by atoms with Crippen LogP contribution in [0, 0.1) is 20.8 Å². The highest BCUT2D eigenvalue weighted by atomic mass is 16.3. The van der Waals surface area contributed by atoms with Crippen molar-refractivity contribution in [3.63, 3.8) is 0 Å². The average molecular weight is 314 g/mol. The summed E-state index contributed by atoms with van der Waals surface area (Å²) in [7, 11) is 0. The number of phenols is 1. The average Bonchev–Trinajstić information content (AvgIpc) is 2.55. The summed E-state index contributed by atoms with van der Waals surface area (Å²) in [5.74, 6) is 0.339. The van der Waals surface area contributed by atoms with Gasteiger partial charge in [-0.2, -0.15) is 0 Å². The molecule has 0 aromatic heterocycles. The molecular weight excluding hydrogens is 292 g/mol. The van der Waals surface area contributed by atoms with E-state index in [-0.39, 0.29) is 0 Å². The van der Waals surface area contributed by atoms with E-state index in [2.05, 4.69) is 56.3 Å². The molecule has 0 fully saturated rings. The van der Waals surface area contributed by atoms with Crippen LogP contribution in [0.2, 0.25) is 0 Å². The first kappa shape index (κ1) is 16.1. The number of hydrogen-bond donors (Lipinski definition) is 1. The fourth-order valence-electron chi connectivity index (χ4n) is 3.17. The molecule has 0 bridgehead atoms. The Balaban J connectivity index is 0.000000141. The standard InChI is InChI=1S/C12H12.C11H10O/c1-9-7-10(2)12-6-4-3-5-11(12)8-9;1-8-6-10(12)7-9-4-2-3-5-11(8)9/h3-8H,1-2H3;2-7,12H,1H3. The highest BCUT2D eigenvalue weighted by molar-refractivity contribution is 5.87. The lowest BCUT2D eigenvalue weighted by Gasteiger charge is -2.02. The van der Waals surface area contributed by atoms with Crippen molar-refractivity contribution in [1.82, 2.24) is 0 Å². The molecule has 0 saturated heterocycles. The van der Waals surface area contributed by atoms with E-state index in [1.165, 1.54) is 27.3 Å². The normalized spacial score (nSPS) is 10.5. The Labute approximate surface area is 143 Å². The van der Waals surface area contributed by atoms with Gasteiger partial charge in [-0.3, -0.25) is 0 Å². The summed E-state index contributed by atoms with van der Waals surface area (Å²) < 4.78 is 0. The zero-order chi connectivity index (χ0) is 17.1. The fraction of sp³-hybridized carbons (Fsp3) is 0.130. The minimum Gasteiger partial charge on any atom is -0.508 e. The summed E-state index contributed by atoms with van der Waals surface area (Å²) >= 11 is 0. The van der Waals surface area contributed by atoms with Gasteiger partial charge in [0.1, 0.15) is 5.75 Å². The van der Waals surface area contributed by atoms with E-state index in [9.17, 15) is 5.11 Å². The van der Waals surface area contributed by atoms with Crippen molar-refractivity contribution in [2.24, 2.45) is 0 Å². The number of benzene rings is 4. The van der Waals surface area contributed by atoms with Gasteiger partial charge < -0.3 is 5.11 Å². The molecule has 0 aliphatic rings. The van der Waals surface area contributed by atoms with Crippen LogP contribution in [0.1, 0.15) is 16.7 Å². The Hall–Kier alpha value is -2.80. The van der Waals surface area contributed by atoms with Crippen LogP contribution in [0.15, 0.2) is 72.8 Å². The molecule has 0 heterocycles. The van der Waals surface area contributed by atoms with Gasteiger partial charge in [0.05, 0.1) is 0 Å². The van der Waals surface area contributed by atoms with Crippen LogP contribution in [0.5, 0.6) is 5.75 Å². The Kier molecular flexibility index (Phi) is 4.52. The van der Waals surface area contributed by atoms with E-state index >= 15 is 0 Å². The van der Waals surface area contributed by atoms with E-state index in [4.69, 9.17) is 0 Å². The zero-order valence-electron chi connectivity index (χ0n) is 14.4. The topological polar surface area (TPSA) is 20.2 Å². The Bertz CT molecular complexity index is 916. The van der Waals surface area contributed by atoms with Gasteiger partial charge in [-0.1, -0.05) is 66.2 Å². The summed E-state index contributed by atoms with van der Waals surface area (Å²) in [5.41, 5.74) is 3.82. The third kappa shape index (κ3) is 3.41. The van der Waals surface area contributed by atoms with Gasteiger partial charge in [0.25, 0.3) is 0 Å². The monoisotopic (exact) mass is 314 g/mol. The second-order valence-corrected chi connectivity index (χ2v) is 6.29. The van der Waals surface area contributed by atoms with Crippen molar-refractivity contribution in [1.29, 1.82) is 0 Å². The molecule has 0 saturated carbocycles. The predicted octanol–water partition coefficient (Wildman–Crippen LogP) is 6.31. The van der Waals surface area contributed by atoms with Crippen LogP contribution in [-0.4, -0.2) is 5.11 Å². The lowest BCUT2D eigenvalue weighted by Crippen LogP contribution is -1.80. The van der Waals surface area contributed by atoms with E-state index in [1.54, 1.807) is 12.1 Å². The molecule has 1 heteroatoms. The molecule has 4 aromatic rings. The van der Waals surface area contributed by atoms with Crippen molar-refractivity contribution in [3.8, 4) is 5.75 Å². The van der Waals surface area contributed by atoms with Gasteiger partial charge in [-0.25, -0.2) is 0 Å². The molecule has 0 radical (unpaired) electrons. The molecule has 4 rings (SSSR count).